The Kier molecular flexibility index (Phi) is 5.24. The molecule has 0 radical (unpaired) electrons. The summed E-state index contributed by atoms with van der Waals surface area (Å²) in [5, 5.41) is 10.3. The van der Waals surface area contributed by atoms with E-state index in [1.54, 1.807) is 0 Å². The van der Waals surface area contributed by atoms with Crippen molar-refractivity contribution in [1.82, 2.24) is 0 Å². The lowest BCUT2D eigenvalue weighted by atomic mass is 9.93. The van der Waals surface area contributed by atoms with Gasteiger partial charge in [-0.25, -0.2) is 0 Å². The van der Waals surface area contributed by atoms with Crippen molar-refractivity contribution in [3.05, 3.63) is 158 Å². The van der Waals surface area contributed by atoms with Gasteiger partial charge in [0.15, 0.2) is 0 Å². The fourth-order valence-corrected chi connectivity index (χ4v) is 6.14. The van der Waals surface area contributed by atoms with Crippen LogP contribution in [0.25, 0.3) is 76.5 Å². The maximum atomic E-state index is 2.32. The molecule has 0 heterocycles. The maximum Gasteiger partial charge on any atom is -0.0105 e. The highest BCUT2D eigenvalue weighted by Crippen LogP contribution is 2.34. The van der Waals surface area contributed by atoms with Crippen molar-refractivity contribution in [2.45, 2.75) is 0 Å². The Morgan fingerprint density at radius 2 is 0.550 bits per heavy atom. The highest BCUT2D eigenvalue weighted by Gasteiger charge is 2.08. The highest BCUT2D eigenvalue weighted by atomic mass is 14.1. The van der Waals surface area contributed by atoms with Gasteiger partial charge in [-0.2, -0.15) is 0 Å². The second kappa shape index (κ2) is 9.22. The quantitative estimate of drug-likeness (QED) is 0.209. The molecule has 8 aromatic carbocycles. The van der Waals surface area contributed by atoms with Crippen LogP contribution in [0.1, 0.15) is 0 Å². The van der Waals surface area contributed by atoms with Crippen molar-refractivity contribution in [3.63, 3.8) is 0 Å². The van der Waals surface area contributed by atoms with E-state index >= 15 is 0 Å². The van der Waals surface area contributed by atoms with E-state index in [9.17, 15) is 0 Å². The first-order chi connectivity index (χ1) is 19.8. The van der Waals surface area contributed by atoms with E-state index in [2.05, 4.69) is 158 Å². The zero-order valence-electron chi connectivity index (χ0n) is 22.0. The molecule has 0 aliphatic heterocycles. The number of fused-ring (bicyclic) bond motifs is 6. The zero-order chi connectivity index (χ0) is 26.5. The summed E-state index contributed by atoms with van der Waals surface area (Å²) in [6.07, 6.45) is 0. The molecule has 0 saturated heterocycles. The Morgan fingerprint density at radius 1 is 0.200 bits per heavy atom. The van der Waals surface area contributed by atoms with Crippen LogP contribution in [0.5, 0.6) is 0 Å². The van der Waals surface area contributed by atoms with Crippen molar-refractivity contribution in [3.8, 4) is 33.4 Å². The molecule has 0 aromatic heterocycles. The van der Waals surface area contributed by atoms with Crippen molar-refractivity contribution in [2.24, 2.45) is 0 Å². The van der Waals surface area contributed by atoms with Crippen LogP contribution in [0.4, 0.5) is 0 Å². The maximum absolute atomic E-state index is 2.32. The first-order valence-electron chi connectivity index (χ1n) is 13.8. The number of rotatable bonds is 3. The molecule has 0 atom stereocenters. The monoisotopic (exact) mass is 506 g/mol. The molecule has 0 bridgehead atoms. The fourth-order valence-electron chi connectivity index (χ4n) is 6.14. The fraction of sp³-hybridized carbons (Fsp3) is 0. The first-order valence-corrected chi connectivity index (χ1v) is 13.8. The molecule has 0 fully saturated rings. The topological polar surface area (TPSA) is 0 Å². The average molecular weight is 507 g/mol. The van der Waals surface area contributed by atoms with Gasteiger partial charge in [-0.1, -0.05) is 133 Å². The number of hydrogen-bond acceptors (Lipinski definition) is 0. The molecule has 0 aliphatic carbocycles. The smallest absolute Gasteiger partial charge is 0.0105 e. The Bertz CT molecular complexity index is 2060. The second-order valence-electron chi connectivity index (χ2n) is 10.6. The van der Waals surface area contributed by atoms with Crippen LogP contribution in [0.2, 0.25) is 0 Å². The van der Waals surface area contributed by atoms with Crippen LogP contribution in [0.15, 0.2) is 158 Å². The molecule has 0 saturated carbocycles. The largest absolute Gasteiger partial charge is 0.0616 e. The van der Waals surface area contributed by atoms with E-state index in [0.717, 1.165) is 0 Å². The van der Waals surface area contributed by atoms with Gasteiger partial charge in [-0.3, -0.25) is 0 Å². The van der Waals surface area contributed by atoms with E-state index in [0.29, 0.717) is 0 Å². The molecule has 8 rings (SSSR count). The van der Waals surface area contributed by atoms with Crippen molar-refractivity contribution in [1.29, 1.82) is 0 Å². The minimum Gasteiger partial charge on any atom is -0.0616 e. The summed E-state index contributed by atoms with van der Waals surface area (Å²) in [5.41, 5.74) is 7.39. The van der Waals surface area contributed by atoms with Crippen molar-refractivity contribution in [2.75, 3.05) is 0 Å². The highest BCUT2D eigenvalue weighted by molar-refractivity contribution is 6.09. The third-order valence-electron chi connectivity index (χ3n) is 8.22. The van der Waals surface area contributed by atoms with Gasteiger partial charge < -0.3 is 0 Å². The van der Waals surface area contributed by atoms with Crippen LogP contribution < -0.4 is 0 Å². The van der Waals surface area contributed by atoms with Crippen LogP contribution in [-0.4, -0.2) is 0 Å². The summed E-state index contributed by atoms with van der Waals surface area (Å²) in [5.74, 6) is 0. The van der Waals surface area contributed by atoms with Gasteiger partial charge in [0.1, 0.15) is 0 Å². The molecule has 0 amide bonds. The van der Waals surface area contributed by atoms with Crippen LogP contribution >= 0.6 is 0 Å². The van der Waals surface area contributed by atoms with Crippen molar-refractivity contribution >= 4 is 43.1 Å². The van der Waals surface area contributed by atoms with E-state index in [-0.39, 0.29) is 0 Å². The standard InChI is InChI=1S/C40H26/c1-3-13-37-27(7-1)15-17-35-25-33(19-21-39(35)37)31-11-5-9-29(23-31)30-10-6-12-32(24-30)34-20-22-40-36(26-34)18-16-28-8-2-4-14-38(28)40/h1-26H. The molecular formula is C40H26. The minimum absolute atomic E-state index is 1.23. The van der Waals surface area contributed by atoms with E-state index in [1.807, 2.05) is 0 Å². The van der Waals surface area contributed by atoms with Gasteiger partial charge in [0, 0.05) is 0 Å². The Balaban J connectivity index is 1.17. The summed E-state index contributed by atoms with van der Waals surface area (Å²) in [6.45, 7) is 0. The normalized spacial score (nSPS) is 11.5. The van der Waals surface area contributed by atoms with E-state index in [1.165, 1.54) is 76.5 Å². The van der Waals surface area contributed by atoms with Gasteiger partial charge >= 0.3 is 0 Å². The lowest BCUT2D eigenvalue weighted by molar-refractivity contribution is 1.59. The molecule has 0 spiro atoms. The van der Waals surface area contributed by atoms with Gasteiger partial charge in [-0.15, -0.1) is 0 Å². The average Bonchev–Trinajstić information content (AvgIpc) is 3.04. The lowest BCUT2D eigenvalue weighted by Gasteiger charge is -2.11. The van der Waals surface area contributed by atoms with Gasteiger partial charge in [0.25, 0.3) is 0 Å². The van der Waals surface area contributed by atoms with Crippen LogP contribution in [-0.2, 0) is 0 Å². The second-order valence-corrected chi connectivity index (χ2v) is 10.6. The number of benzene rings is 8. The molecule has 0 heteroatoms. The Labute approximate surface area is 233 Å². The minimum atomic E-state index is 1.23. The van der Waals surface area contributed by atoms with Crippen molar-refractivity contribution < 1.29 is 0 Å². The zero-order valence-corrected chi connectivity index (χ0v) is 22.0. The molecule has 0 aliphatic rings. The third-order valence-corrected chi connectivity index (χ3v) is 8.22. The molecule has 186 valence electrons. The predicted octanol–water partition coefficient (Wildman–Crippen LogP) is 11.3. The molecular weight excluding hydrogens is 480 g/mol. The predicted molar refractivity (Wildman–Crippen MR) is 173 cm³/mol. The Morgan fingerprint density at radius 3 is 1.00 bits per heavy atom. The molecule has 0 unspecified atom stereocenters. The van der Waals surface area contributed by atoms with Gasteiger partial charge in [0.2, 0.25) is 0 Å². The summed E-state index contributed by atoms with van der Waals surface area (Å²) in [6, 6.07) is 57.6. The van der Waals surface area contributed by atoms with E-state index in [4.69, 9.17) is 0 Å². The molecule has 0 N–H and O–H groups in total. The molecule has 8 aromatic rings. The summed E-state index contributed by atoms with van der Waals surface area (Å²) >= 11 is 0. The summed E-state index contributed by atoms with van der Waals surface area (Å²) in [7, 11) is 0. The summed E-state index contributed by atoms with van der Waals surface area (Å²) < 4.78 is 0. The SMILES string of the molecule is c1cc(-c2cccc(-c3ccc4c(ccc5ccccc54)c3)c2)cc(-c2ccc3c(ccc4ccccc43)c2)c1. The Hall–Kier alpha value is -5.20. The molecule has 40 heavy (non-hydrogen) atoms. The lowest BCUT2D eigenvalue weighted by Crippen LogP contribution is -1.85. The van der Waals surface area contributed by atoms with E-state index < -0.39 is 0 Å². The van der Waals surface area contributed by atoms with Gasteiger partial charge in [-0.05, 0) is 101 Å². The van der Waals surface area contributed by atoms with Crippen LogP contribution in [0.3, 0.4) is 0 Å². The first kappa shape index (κ1) is 22.8. The number of hydrogen-bond donors (Lipinski definition) is 0. The van der Waals surface area contributed by atoms with Gasteiger partial charge in [0.05, 0.1) is 0 Å². The molecule has 0 nitrogen and oxygen atoms in total. The third kappa shape index (κ3) is 3.85. The van der Waals surface area contributed by atoms with Crippen LogP contribution in [0, 0.1) is 0 Å². The summed E-state index contributed by atoms with van der Waals surface area (Å²) in [4.78, 5) is 0.